The Morgan fingerprint density at radius 2 is 2.11 bits per heavy atom. The average molecular weight is 251 g/mol. The molecule has 3 nitrogen and oxygen atoms in total. The second-order valence-corrected chi connectivity index (χ2v) is 7.08. The molecule has 0 amide bonds. The number of hydrogen-bond acceptors (Lipinski definition) is 2. The summed E-state index contributed by atoms with van der Waals surface area (Å²) in [4.78, 5) is 14.2. The lowest BCUT2D eigenvalue weighted by atomic mass is 9.76. The number of carboxylic acids is 1. The lowest BCUT2D eigenvalue weighted by molar-refractivity contribution is -0.151. The molecule has 0 aromatic carbocycles. The highest BCUT2D eigenvalue weighted by molar-refractivity contribution is 5.75. The van der Waals surface area contributed by atoms with Gasteiger partial charge < -0.3 is 5.11 Å². The van der Waals surface area contributed by atoms with E-state index in [1.165, 1.54) is 25.7 Å². The van der Waals surface area contributed by atoms with Crippen LogP contribution >= 0.6 is 0 Å². The second-order valence-electron chi connectivity index (χ2n) is 7.08. The van der Waals surface area contributed by atoms with Gasteiger partial charge in [0.1, 0.15) is 0 Å². The van der Waals surface area contributed by atoms with Gasteiger partial charge in [-0.05, 0) is 50.0 Å². The molecule has 0 radical (unpaired) electrons. The van der Waals surface area contributed by atoms with Crippen LogP contribution in [0.1, 0.15) is 46.0 Å². The number of carbonyl (C=O) groups is 1. The molecule has 3 heteroatoms. The van der Waals surface area contributed by atoms with Gasteiger partial charge in [-0.2, -0.15) is 0 Å². The summed E-state index contributed by atoms with van der Waals surface area (Å²) in [6.45, 7) is 5.92. The van der Waals surface area contributed by atoms with Crippen LogP contribution in [-0.2, 0) is 4.79 Å². The Bertz CT molecular complexity index is 354. The Balaban J connectivity index is 1.73. The van der Waals surface area contributed by atoms with Crippen molar-refractivity contribution in [1.29, 1.82) is 0 Å². The minimum absolute atomic E-state index is 0.235. The zero-order valence-corrected chi connectivity index (χ0v) is 11.6. The summed E-state index contributed by atoms with van der Waals surface area (Å²) in [6.07, 6.45) is 6.38. The minimum Gasteiger partial charge on any atom is -0.481 e. The molecule has 2 bridgehead atoms. The van der Waals surface area contributed by atoms with E-state index in [1.807, 2.05) is 0 Å². The third-order valence-electron chi connectivity index (χ3n) is 6.03. The van der Waals surface area contributed by atoms with Gasteiger partial charge in [-0.15, -0.1) is 0 Å². The van der Waals surface area contributed by atoms with Crippen LogP contribution in [0.5, 0.6) is 0 Å². The lowest BCUT2D eigenvalue weighted by Gasteiger charge is -2.34. The fourth-order valence-electron chi connectivity index (χ4n) is 4.70. The Morgan fingerprint density at radius 1 is 1.33 bits per heavy atom. The Morgan fingerprint density at radius 3 is 2.56 bits per heavy atom. The monoisotopic (exact) mass is 251 g/mol. The number of fused-ring (bicyclic) bond motifs is 2. The smallest absolute Gasteiger partial charge is 0.311 e. The summed E-state index contributed by atoms with van der Waals surface area (Å²) in [5.41, 5.74) is -0.484. The molecule has 1 N–H and O–H groups in total. The number of carboxylic acid groups (broad SMARTS) is 1. The van der Waals surface area contributed by atoms with Gasteiger partial charge >= 0.3 is 5.97 Å². The maximum atomic E-state index is 11.7. The van der Waals surface area contributed by atoms with E-state index in [2.05, 4.69) is 18.7 Å². The fourth-order valence-corrected chi connectivity index (χ4v) is 4.70. The first-order valence-corrected chi connectivity index (χ1v) is 7.50. The van der Waals surface area contributed by atoms with Gasteiger partial charge in [0.15, 0.2) is 0 Å². The fraction of sp³-hybridized carbons (Fsp3) is 0.933. The van der Waals surface area contributed by atoms with Gasteiger partial charge in [0.2, 0.25) is 0 Å². The molecule has 18 heavy (non-hydrogen) atoms. The quantitative estimate of drug-likeness (QED) is 0.838. The first-order chi connectivity index (χ1) is 8.53. The Kier molecular flexibility index (Phi) is 2.92. The Hall–Kier alpha value is -0.570. The zero-order valence-electron chi connectivity index (χ0n) is 11.6. The second kappa shape index (κ2) is 4.22. The third kappa shape index (κ3) is 1.70. The predicted molar refractivity (Wildman–Crippen MR) is 70.3 cm³/mol. The molecule has 4 unspecified atom stereocenters. The van der Waals surface area contributed by atoms with E-state index in [9.17, 15) is 9.90 Å². The molecule has 1 saturated heterocycles. The summed E-state index contributed by atoms with van der Waals surface area (Å²) < 4.78 is 0. The normalized spacial score (nSPS) is 44.1. The maximum absolute atomic E-state index is 11.7. The molecule has 1 aliphatic heterocycles. The van der Waals surface area contributed by atoms with E-state index in [1.54, 1.807) is 0 Å². The van der Waals surface area contributed by atoms with Crippen molar-refractivity contribution in [2.24, 2.45) is 23.2 Å². The van der Waals surface area contributed by atoms with Gasteiger partial charge in [0.05, 0.1) is 5.41 Å². The number of hydrogen-bond donors (Lipinski definition) is 1. The van der Waals surface area contributed by atoms with Gasteiger partial charge in [-0.25, -0.2) is 0 Å². The molecular formula is C15H25NO2. The summed E-state index contributed by atoms with van der Waals surface area (Å²) in [7, 11) is 0. The van der Waals surface area contributed by atoms with Gasteiger partial charge in [-0.1, -0.05) is 20.3 Å². The highest BCUT2D eigenvalue weighted by atomic mass is 16.4. The number of rotatable bonds is 3. The van der Waals surface area contributed by atoms with Crippen LogP contribution in [0.3, 0.4) is 0 Å². The molecule has 3 fully saturated rings. The SMILES string of the molecule is CC(C)C1(C(=O)O)CCN(C2CC3CCC2C3)C1. The van der Waals surface area contributed by atoms with Crippen molar-refractivity contribution in [2.75, 3.05) is 13.1 Å². The lowest BCUT2D eigenvalue weighted by Crippen LogP contribution is -2.43. The number of nitrogens with zero attached hydrogens (tertiary/aromatic N) is 1. The molecule has 3 rings (SSSR count). The van der Waals surface area contributed by atoms with Crippen LogP contribution in [0.15, 0.2) is 0 Å². The molecule has 2 aliphatic carbocycles. The topological polar surface area (TPSA) is 40.5 Å². The first-order valence-electron chi connectivity index (χ1n) is 7.50. The van der Waals surface area contributed by atoms with E-state index < -0.39 is 11.4 Å². The third-order valence-corrected chi connectivity index (χ3v) is 6.03. The largest absolute Gasteiger partial charge is 0.481 e. The maximum Gasteiger partial charge on any atom is 0.311 e. The van der Waals surface area contributed by atoms with E-state index in [0.29, 0.717) is 6.04 Å². The first kappa shape index (κ1) is 12.5. The molecule has 3 aliphatic rings. The summed E-state index contributed by atoms with van der Waals surface area (Å²) >= 11 is 0. The van der Waals surface area contributed by atoms with E-state index in [0.717, 1.165) is 31.3 Å². The molecule has 0 aromatic heterocycles. The number of aliphatic carboxylic acids is 1. The zero-order chi connectivity index (χ0) is 12.9. The molecule has 2 saturated carbocycles. The molecule has 0 aromatic rings. The molecule has 102 valence electrons. The van der Waals surface area contributed by atoms with Crippen molar-refractivity contribution in [3.63, 3.8) is 0 Å². The summed E-state index contributed by atoms with van der Waals surface area (Å²) in [5, 5.41) is 9.60. The molecule has 4 atom stereocenters. The Labute approximate surface area is 110 Å². The minimum atomic E-state index is -0.580. The van der Waals surface area contributed by atoms with Crippen LogP contribution in [0.2, 0.25) is 0 Å². The van der Waals surface area contributed by atoms with E-state index >= 15 is 0 Å². The number of likely N-dealkylation sites (tertiary alicyclic amines) is 1. The van der Waals surface area contributed by atoms with Gasteiger partial charge in [0.25, 0.3) is 0 Å². The van der Waals surface area contributed by atoms with Crippen molar-refractivity contribution in [2.45, 2.75) is 52.0 Å². The standard InChI is InChI=1S/C15H25NO2/c1-10(2)15(14(17)18)5-6-16(9-15)13-8-11-3-4-12(13)7-11/h10-13H,3-9H2,1-2H3,(H,17,18). The predicted octanol–water partition coefficient (Wildman–Crippen LogP) is 2.61. The highest BCUT2D eigenvalue weighted by Gasteiger charge is 2.51. The van der Waals surface area contributed by atoms with E-state index in [-0.39, 0.29) is 5.92 Å². The van der Waals surface area contributed by atoms with E-state index in [4.69, 9.17) is 0 Å². The van der Waals surface area contributed by atoms with Crippen LogP contribution in [0.25, 0.3) is 0 Å². The van der Waals surface area contributed by atoms with Crippen molar-refractivity contribution in [1.82, 2.24) is 4.90 Å². The van der Waals surface area contributed by atoms with Crippen LogP contribution in [-0.4, -0.2) is 35.1 Å². The van der Waals surface area contributed by atoms with Gasteiger partial charge in [-0.3, -0.25) is 9.69 Å². The summed E-state index contributed by atoms with van der Waals surface area (Å²) in [5.74, 6) is 1.47. The van der Waals surface area contributed by atoms with Crippen LogP contribution in [0.4, 0.5) is 0 Å². The van der Waals surface area contributed by atoms with Crippen LogP contribution < -0.4 is 0 Å². The van der Waals surface area contributed by atoms with Crippen molar-refractivity contribution in [3.05, 3.63) is 0 Å². The highest BCUT2D eigenvalue weighted by Crippen LogP contribution is 2.49. The molecular weight excluding hydrogens is 226 g/mol. The molecule has 0 spiro atoms. The van der Waals surface area contributed by atoms with Crippen LogP contribution in [0, 0.1) is 23.2 Å². The van der Waals surface area contributed by atoms with Crippen molar-refractivity contribution in [3.8, 4) is 0 Å². The van der Waals surface area contributed by atoms with Crippen molar-refractivity contribution >= 4 is 5.97 Å². The molecule has 1 heterocycles. The summed E-state index contributed by atoms with van der Waals surface area (Å²) in [6, 6.07) is 0.698. The van der Waals surface area contributed by atoms with Gasteiger partial charge in [0, 0.05) is 12.6 Å². The average Bonchev–Trinajstić information content (AvgIpc) is 3.03. The van der Waals surface area contributed by atoms with Crippen molar-refractivity contribution < 1.29 is 9.90 Å².